The molecule has 0 bridgehead atoms. The van der Waals surface area contributed by atoms with Gasteiger partial charge in [0.1, 0.15) is 5.75 Å². The van der Waals surface area contributed by atoms with Crippen molar-refractivity contribution in [1.29, 1.82) is 0 Å². The topological polar surface area (TPSA) is 35.2 Å². The van der Waals surface area contributed by atoms with Crippen molar-refractivity contribution < 1.29 is 4.74 Å². The van der Waals surface area contributed by atoms with Gasteiger partial charge >= 0.3 is 0 Å². The summed E-state index contributed by atoms with van der Waals surface area (Å²) in [6.07, 6.45) is 1.09. The third kappa shape index (κ3) is 2.51. The van der Waals surface area contributed by atoms with Crippen molar-refractivity contribution >= 4 is 0 Å². The van der Waals surface area contributed by atoms with Gasteiger partial charge in [-0.05, 0) is 61.6 Å². The van der Waals surface area contributed by atoms with Crippen molar-refractivity contribution in [2.24, 2.45) is 5.73 Å². The molecule has 0 aliphatic carbocycles. The van der Waals surface area contributed by atoms with Crippen LogP contribution in [0.15, 0.2) is 12.1 Å². The predicted octanol–water partition coefficient (Wildman–Crippen LogP) is 2.76. The lowest BCUT2D eigenvalue weighted by Gasteiger charge is -2.19. The molecule has 2 heteroatoms. The number of ether oxygens (including phenoxy) is 1. The number of rotatable bonds is 4. The van der Waals surface area contributed by atoms with Gasteiger partial charge in [0.15, 0.2) is 0 Å². The second-order valence-electron chi connectivity index (χ2n) is 4.02. The molecule has 0 heterocycles. The number of nitrogens with two attached hydrogens (primary N) is 1. The second kappa shape index (κ2) is 5.17. The van der Waals surface area contributed by atoms with Gasteiger partial charge in [-0.1, -0.05) is 6.92 Å². The average Bonchev–Trinajstić information content (AvgIpc) is 2.23. The van der Waals surface area contributed by atoms with Gasteiger partial charge in [0, 0.05) is 0 Å². The molecule has 1 unspecified atom stereocenters. The summed E-state index contributed by atoms with van der Waals surface area (Å²) in [5.74, 6) is 1.40. The number of aryl methyl sites for hydroxylation is 2. The highest BCUT2D eigenvalue weighted by Gasteiger charge is 2.13. The van der Waals surface area contributed by atoms with Gasteiger partial charge in [-0.2, -0.15) is 0 Å². The molecule has 0 aliphatic heterocycles. The molecule has 0 spiro atoms. The van der Waals surface area contributed by atoms with E-state index in [9.17, 15) is 0 Å². The Hall–Kier alpha value is -1.02. The van der Waals surface area contributed by atoms with Crippen molar-refractivity contribution in [2.75, 3.05) is 13.7 Å². The van der Waals surface area contributed by atoms with E-state index < -0.39 is 0 Å². The number of hydrogen-bond acceptors (Lipinski definition) is 2. The first-order chi connectivity index (χ1) is 7.13. The van der Waals surface area contributed by atoms with Gasteiger partial charge in [0.2, 0.25) is 0 Å². The number of benzene rings is 1. The van der Waals surface area contributed by atoms with E-state index in [-0.39, 0.29) is 0 Å². The van der Waals surface area contributed by atoms with E-state index in [1.807, 2.05) is 0 Å². The van der Waals surface area contributed by atoms with Crippen molar-refractivity contribution in [3.8, 4) is 5.75 Å². The van der Waals surface area contributed by atoms with Crippen LogP contribution in [0.4, 0.5) is 0 Å². The molecule has 0 saturated carbocycles. The Bertz CT molecular complexity index is 306. The fourth-order valence-corrected chi connectivity index (χ4v) is 2.19. The Morgan fingerprint density at radius 2 is 1.80 bits per heavy atom. The smallest absolute Gasteiger partial charge is 0.119 e. The zero-order valence-electron chi connectivity index (χ0n) is 10.1. The molecule has 15 heavy (non-hydrogen) atoms. The van der Waals surface area contributed by atoms with Gasteiger partial charge in [-0.3, -0.25) is 0 Å². The lowest BCUT2D eigenvalue weighted by atomic mass is 9.89. The molecule has 0 saturated heterocycles. The Morgan fingerprint density at radius 3 is 2.13 bits per heavy atom. The fraction of sp³-hybridized carbons (Fsp3) is 0.538. The van der Waals surface area contributed by atoms with Crippen LogP contribution < -0.4 is 10.5 Å². The fourth-order valence-electron chi connectivity index (χ4n) is 2.19. The average molecular weight is 207 g/mol. The van der Waals surface area contributed by atoms with Crippen molar-refractivity contribution in [3.05, 3.63) is 28.8 Å². The van der Waals surface area contributed by atoms with E-state index in [0.717, 1.165) is 12.2 Å². The van der Waals surface area contributed by atoms with Crippen LogP contribution in [0.2, 0.25) is 0 Å². The van der Waals surface area contributed by atoms with Crippen molar-refractivity contribution in [2.45, 2.75) is 33.1 Å². The van der Waals surface area contributed by atoms with Crippen LogP contribution >= 0.6 is 0 Å². The maximum atomic E-state index is 5.79. The summed E-state index contributed by atoms with van der Waals surface area (Å²) in [6, 6.07) is 4.17. The normalized spacial score (nSPS) is 12.6. The highest BCUT2D eigenvalue weighted by atomic mass is 16.5. The summed E-state index contributed by atoms with van der Waals surface area (Å²) in [5, 5.41) is 0. The Balaban J connectivity index is 3.18. The number of methoxy groups -OCH3 is 1. The zero-order chi connectivity index (χ0) is 11.4. The van der Waals surface area contributed by atoms with E-state index >= 15 is 0 Å². The molecule has 0 fully saturated rings. The summed E-state index contributed by atoms with van der Waals surface area (Å²) >= 11 is 0. The summed E-state index contributed by atoms with van der Waals surface area (Å²) in [4.78, 5) is 0. The highest BCUT2D eigenvalue weighted by molar-refractivity contribution is 5.43. The van der Waals surface area contributed by atoms with Gasteiger partial charge in [0.05, 0.1) is 7.11 Å². The largest absolute Gasteiger partial charge is 0.497 e. The Labute approximate surface area is 92.4 Å². The summed E-state index contributed by atoms with van der Waals surface area (Å²) in [5.41, 5.74) is 9.75. The first-order valence-corrected chi connectivity index (χ1v) is 5.49. The second-order valence-corrected chi connectivity index (χ2v) is 4.02. The van der Waals surface area contributed by atoms with Crippen LogP contribution in [0, 0.1) is 13.8 Å². The minimum atomic E-state index is 0.468. The van der Waals surface area contributed by atoms with Gasteiger partial charge < -0.3 is 10.5 Å². The third-order valence-corrected chi connectivity index (χ3v) is 2.99. The molecular formula is C13H21NO. The van der Waals surface area contributed by atoms with Crippen molar-refractivity contribution in [1.82, 2.24) is 0 Å². The Kier molecular flexibility index (Phi) is 4.15. The maximum absolute atomic E-state index is 5.79. The highest BCUT2D eigenvalue weighted by Crippen LogP contribution is 2.29. The first kappa shape index (κ1) is 12.1. The molecule has 0 aliphatic rings. The lowest BCUT2D eigenvalue weighted by Crippen LogP contribution is -2.14. The van der Waals surface area contributed by atoms with Gasteiger partial charge in [-0.25, -0.2) is 0 Å². The molecule has 0 aromatic heterocycles. The molecule has 2 nitrogen and oxygen atoms in total. The van der Waals surface area contributed by atoms with E-state index in [0.29, 0.717) is 12.5 Å². The molecule has 0 amide bonds. The molecule has 2 N–H and O–H groups in total. The molecule has 1 rings (SSSR count). The van der Waals surface area contributed by atoms with Crippen LogP contribution in [-0.4, -0.2) is 13.7 Å². The first-order valence-electron chi connectivity index (χ1n) is 5.49. The lowest BCUT2D eigenvalue weighted by molar-refractivity contribution is 0.413. The SMILES string of the molecule is CCC(CN)c1c(C)cc(OC)cc1C. The Morgan fingerprint density at radius 1 is 1.27 bits per heavy atom. The number of hydrogen-bond donors (Lipinski definition) is 1. The quantitative estimate of drug-likeness (QED) is 0.824. The van der Waals surface area contributed by atoms with E-state index in [2.05, 4.69) is 32.9 Å². The predicted molar refractivity (Wildman–Crippen MR) is 64.6 cm³/mol. The monoisotopic (exact) mass is 207 g/mol. The summed E-state index contributed by atoms with van der Waals surface area (Å²) in [6.45, 7) is 7.15. The molecule has 84 valence electrons. The minimum absolute atomic E-state index is 0.468. The van der Waals surface area contributed by atoms with E-state index in [4.69, 9.17) is 10.5 Å². The standard InChI is InChI=1S/C13H21NO/c1-5-11(8-14)13-9(2)6-12(15-4)7-10(13)3/h6-7,11H,5,8,14H2,1-4H3. The van der Waals surface area contributed by atoms with Crippen LogP contribution in [-0.2, 0) is 0 Å². The van der Waals surface area contributed by atoms with Crippen LogP contribution in [0.25, 0.3) is 0 Å². The molecule has 1 aromatic carbocycles. The van der Waals surface area contributed by atoms with Crippen LogP contribution in [0.3, 0.4) is 0 Å². The maximum Gasteiger partial charge on any atom is 0.119 e. The van der Waals surface area contributed by atoms with E-state index in [1.54, 1.807) is 7.11 Å². The summed E-state index contributed by atoms with van der Waals surface area (Å²) < 4.78 is 5.25. The molecular weight excluding hydrogens is 186 g/mol. The third-order valence-electron chi connectivity index (χ3n) is 2.99. The molecule has 0 radical (unpaired) electrons. The molecule has 1 aromatic rings. The van der Waals surface area contributed by atoms with Gasteiger partial charge in [-0.15, -0.1) is 0 Å². The minimum Gasteiger partial charge on any atom is -0.497 e. The zero-order valence-corrected chi connectivity index (χ0v) is 10.1. The van der Waals surface area contributed by atoms with E-state index in [1.165, 1.54) is 16.7 Å². The summed E-state index contributed by atoms with van der Waals surface area (Å²) in [7, 11) is 1.70. The van der Waals surface area contributed by atoms with Crippen LogP contribution in [0.5, 0.6) is 5.75 Å². The molecule has 1 atom stereocenters. The van der Waals surface area contributed by atoms with Crippen molar-refractivity contribution in [3.63, 3.8) is 0 Å². The van der Waals surface area contributed by atoms with Crippen LogP contribution in [0.1, 0.15) is 36.0 Å². The van der Waals surface area contributed by atoms with Gasteiger partial charge in [0.25, 0.3) is 0 Å².